The number of hydrogen-bond acceptors (Lipinski definition) is 0. The van der Waals surface area contributed by atoms with Crippen LogP contribution in [-0.2, 0) is 6.42 Å². The lowest BCUT2D eigenvalue weighted by Crippen LogP contribution is -1.93. The maximum Gasteiger partial charge on any atom is 0.0406 e. The molecule has 0 spiro atoms. The Hall–Kier alpha value is -1.27. The van der Waals surface area contributed by atoms with Crippen molar-refractivity contribution in [3.05, 3.63) is 59.1 Å². The van der Waals surface area contributed by atoms with Crippen LogP contribution in [-0.4, -0.2) is 0 Å². The van der Waals surface area contributed by atoms with Crippen LogP contribution in [0.3, 0.4) is 0 Å². The standard InChI is InChI=1S/C16H17Cl/c1-12(2)11-13-3-5-14(6-4-13)15-7-9-16(17)10-8-15/h3-10,12H,11H2,1-2H3. The van der Waals surface area contributed by atoms with Crippen molar-refractivity contribution in [2.75, 3.05) is 0 Å². The van der Waals surface area contributed by atoms with Crippen molar-refractivity contribution >= 4 is 11.6 Å². The molecule has 0 aliphatic rings. The molecule has 0 aliphatic heterocycles. The van der Waals surface area contributed by atoms with E-state index in [9.17, 15) is 0 Å². The van der Waals surface area contributed by atoms with Gasteiger partial charge < -0.3 is 0 Å². The van der Waals surface area contributed by atoms with Gasteiger partial charge in [-0.25, -0.2) is 0 Å². The normalized spacial score (nSPS) is 10.8. The van der Waals surface area contributed by atoms with E-state index in [2.05, 4.69) is 50.2 Å². The van der Waals surface area contributed by atoms with Gasteiger partial charge in [0.15, 0.2) is 0 Å². The molecule has 17 heavy (non-hydrogen) atoms. The van der Waals surface area contributed by atoms with Gasteiger partial charge in [0.05, 0.1) is 0 Å². The van der Waals surface area contributed by atoms with Crippen LogP contribution in [0.1, 0.15) is 19.4 Å². The first-order valence-corrected chi connectivity index (χ1v) is 6.38. The summed E-state index contributed by atoms with van der Waals surface area (Å²) in [6.07, 6.45) is 1.14. The molecule has 0 bridgehead atoms. The second-order valence-electron chi connectivity index (χ2n) is 4.80. The van der Waals surface area contributed by atoms with E-state index in [0.29, 0.717) is 5.92 Å². The third kappa shape index (κ3) is 3.34. The Morgan fingerprint density at radius 1 is 0.824 bits per heavy atom. The van der Waals surface area contributed by atoms with Crippen LogP contribution >= 0.6 is 11.6 Å². The maximum absolute atomic E-state index is 5.88. The fourth-order valence-corrected chi connectivity index (χ4v) is 2.07. The molecule has 0 N–H and O–H groups in total. The molecule has 0 aromatic heterocycles. The molecule has 0 nitrogen and oxygen atoms in total. The molecule has 0 fully saturated rings. The molecule has 0 aliphatic carbocycles. The van der Waals surface area contributed by atoms with E-state index in [1.165, 1.54) is 16.7 Å². The summed E-state index contributed by atoms with van der Waals surface area (Å²) in [7, 11) is 0. The molecular weight excluding hydrogens is 228 g/mol. The summed E-state index contributed by atoms with van der Waals surface area (Å²) >= 11 is 5.88. The molecule has 0 amide bonds. The Kier molecular flexibility index (Phi) is 3.86. The van der Waals surface area contributed by atoms with E-state index in [-0.39, 0.29) is 0 Å². The fourth-order valence-electron chi connectivity index (χ4n) is 1.95. The second-order valence-corrected chi connectivity index (χ2v) is 5.24. The van der Waals surface area contributed by atoms with Crippen molar-refractivity contribution in [3.63, 3.8) is 0 Å². The van der Waals surface area contributed by atoms with Gasteiger partial charge >= 0.3 is 0 Å². The smallest absolute Gasteiger partial charge is 0.0406 e. The Balaban J connectivity index is 2.20. The van der Waals surface area contributed by atoms with E-state index in [1.807, 2.05) is 12.1 Å². The van der Waals surface area contributed by atoms with Crippen LogP contribution in [0.25, 0.3) is 11.1 Å². The highest BCUT2D eigenvalue weighted by molar-refractivity contribution is 6.30. The minimum Gasteiger partial charge on any atom is -0.0843 e. The SMILES string of the molecule is CC(C)Cc1ccc(-c2ccc(Cl)cc2)cc1. The summed E-state index contributed by atoms with van der Waals surface area (Å²) in [5.41, 5.74) is 3.86. The van der Waals surface area contributed by atoms with Gasteiger partial charge in [-0.15, -0.1) is 0 Å². The van der Waals surface area contributed by atoms with E-state index >= 15 is 0 Å². The largest absolute Gasteiger partial charge is 0.0843 e. The minimum absolute atomic E-state index is 0.705. The molecule has 0 atom stereocenters. The van der Waals surface area contributed by atoms with Crippen LogP contribution in [0.15, 0.2) is 48.5 Å². The van der Waals surface area contributed by atoms with Crippen LogP contribution in [0, 0.1) is 5.92 Å². The summed E-state index contributed by atoms with van der Waals surface area (Å²) in [6, 6.07) is 16.8. The van der Waals surface area contributed by atoms with Gasteiger partial charge in [-0.1, -0.05) is 61.8 Å². The molecule has 0 unspecified atom stereocenters. The van der Waals surface area contributed by atoms with Crippen LogP contribution in [0.4, 0.5) is 0 Å². The second kappa shape index (κ2) is 5.37. The quantitative estimate of drug-likeness (QED) is 0.696. The Labute approximate surface area is 108 Å². The third-order valence-corrected chi connectivity index (χ3v) is 3.03. The fraction of sp³-hybridized carbons (Fsp3) is 0.250. The van der Waals surface area contributed by atoms with Gasteiger partial charge in [-0.3, -0.25) is 0 Å². The molecule has 2 aromatic rings. The van der Waals surface area contributed by atoms with Gasteiger partial charge in [-0.2, -0.15) is 0 Å². The van der Waals surface area contributed by atoms with Crippen molar-refractivity contribution in [1.82, 2.24) is 0 Å². The van der Waals surface area contributed by atoms with Gasteiger partial charge in [-0.05, 0) is 41.2 Å². The zero-order valence-corrected chi connectivity index (χ0v) is 11.0. The first-order chi connectivity index (χ1) is 8.15. The lowest BCUT2D eigenvalue weighted by atomic mass is 9.99. The molecular formula is C16H17Cl. The first-order valence-electron chi connectivity index (χ1n) is 6.00. The highest BCUT2D eigenvalue weighted by Gasteiger charge is 2.00. The van der Waals surface area contributed by atoms with Gasteiger partial charge in [0.25, 0.3) is 0 Å². The van der Waals surface area contributed by atoms with E-state index in [4.69, 9.17) is 11.6 Å². The Morgan fingerprint density at radius 3 is 1.76 bits per heavy atom. The van der Waals surface area contributed by atoms with Crippen LogP contribution in [0.2, 0.25) is 5.02 Å². The molecule has 0 saturated heterocycles. The summed E-state index contributed by atoms with van der Waals surface area (Å²) in [5, 5.41) is 0.783. The molecule has 2 rings (SSSR count). The third-order valence-electron chi connectivity index (χ3n) is 2.78. The summed E-state index contributed by atoms with van der Waals surface area (Å²) in [4.78, 5) is 0. The lowest BCUT2D eigenvalue weighted by molar-refractivity contribution is 0.647. The Bertz CT molecular complexity index is 466. The van der Waals surface area contributed by atoms with E-state index in [1.54, 1.807) is 0 Å². The van der Waals surface area contributed by atoms with Crippen molar-refractivity contribution < 1.29 is 0 Å². The molecule has 1 heteroatoms. The monoisotopic (exact) mass is 244 g/mol. The number of rotatable bonds is 3. The average molecular weight is 245 g/mol. The van der Waals surface area contributed by atoms with Gasteiger partial charge in [0.2, 0.25) is 0 Å². The minimum atomic E-state index is 0.705. The number of benzene rings is 2. The van der Waals surface area contributed by atoms with E-state index < -0.39 is 0 Å². The van der Waals surface area contributed by atoms with Crippen LogP contribution in [0.5, 0.6) is 0 Å². The maximum atomic E-state index is 5.88. The van der Waals surface area contributed by atoms with E-state index in [0.717, 1.165) is 11.4 Å². The predicted molar refractivity (Wildman–Crippen MR) is 75.4 cm³/mol. The van der Waals surface area contributed by atoms with Crippen LogP contribution < -0.4 is 0 Å². The molecule has 0 radical (unpaired) electrons. The molecule has 0 heterocycles. The van der Waals surface area contributed by atoms with Gasteiger partial charge in [0.1, 0.15) is 0 Å². The van der Waals surface area contributed by atoms with Crippen molar-refractivity contribution in [1.29, 1.82) is 0 Å². The zero-order chi connectivity index (χ0) is 12.3. The zero-order valence-electron chi connectivity index (χ0n) is 10.3. The molecule has 88 valence electrons. The lowest BCUT2D eigenvalue weighted by Gasteiger charge is -2.06. The topological polar surface area (TPSA) is 0 Å². The highest BCUT2D eigenvalue weighted by atomic mass is 35.5. The summed E-state index contributed by atoms with van der Waals surface area (Å²) < 4.78 is 0. The van der Waals surface area contributed by atoms with Crippen molar-refractivity contribution in [3.8, 4) is 11.1 Å². The molecule has 2 aromatic carbocycles. The molecule has 0 saturated carbocycles. The first kappa shape index (κ1) is 12.2. The predicted octanol–water partition coefficient (Wildman–Crippen LogP) is 5.21. The van der Waals surface area contributed by atoms with Crippen molar-refractivity contribution in [2.24, 2.45) is 5.92 Å². The highest BCUT2D eigenvalue weighted by Crippen LogP contribution is 2.22. The number of halogens is 1. The Morgan fingerprint density at radius 2 is 1.29 bits per heavy atom. The summed E-state index contributed by atoms with van der Waals surface area (Å²) in [5.74, 6) is 0.705. The average Bonchev–Trinajstić information content (AvgIpc) is 2.30. The number of hydrogen-bond donors (Lipinski definition) is 0. The van der Waals surface area contributed by atoms with Crippen molar-refractivity contribution in [2.45, 2.75) is 20.3 Å². The van der Waals surface area contributed by atoms with Gasteiger partial charge in [0, 0.05) is 5.02 Å². The summed E-state index contributed by atoms with van der Waals surface area (Å²) in [6.45, 7) is 4.49.